The second-order valence-electron chi connectivity index (χ2n) is 9.90. The highest BCUT2D eigenvalue weighted by Crippen LogP contribution is 2.42. The second kappa shape index (κ2) is 8.61. The van der Waals surface area contributed by atoms with E-state index >= 15 is 0 Å². The molecule has 3 N–H and O–H groups in total. The summed E-state index contributed by atoms with van der Waals surface area (Å²) >= 11 is 6.11. The number of ether oxygens (including phenoxy) is 1. The van der Waals surface area contributed by atoms with Gasteiger partial charge in [-0.25, -0.2) is 14.6 Å². The molecule has 0 amide bonds. The quantitative estimate of drug-likeness (QED) is 0.266. The lowest BCUT2D eigenvalue weighted by Crippen LogP contribution is -2.46. The van der Waals surface area contributed by atoms with E-state index in [4.69, 9.17) is 21.3 Å². The van der Waals surface area contributed by atoms with Crippen molar-refractivity contribution in [1.29, 1.82) is 0 Å². The Kier molecular flexibility index (Phi) is 5.31. The van der Waals surface area contributed by atoms with Gasteiger partial charge in [-0.3, -0.25) is 5.32 Å². The van der Waals surface area contributed by atoms with Crippen molar-refractivity contribution in [3.05, 3.63) is 82.5 Å². The summed E-state index contributed by atoms with van der Waals surface area (Å²) in [6.45, 7) is 1.25. The van der Waals surface area contributed by atoms with E-state index in [1.807, 2.05) is 27.3 Å². The topological polar surface area (TPSA) is 127 Å². The Morgan fingerprint density at radius 1 is 1.19 bits per heavy atom. The van der Waals surface area contributed by atoms with Gasteiger partial charge in [-0.1, -0.05) is 16.8 Å². The fourth-order valence-corrected chi connectivity index (χ4v) is 4.97. The molecule has 0 bridgehead atoms. The highest BCUT2D eigenvalue weighted by molar-refractivity contribution is 6.30. The van der Waals surface area contributed by atoms with Gasteiger partial charge in [0.1, 0.15) is 16.9 Å². The molecular formula is C25H25ClN8O3. The predicted molar refractivity (Wildman–Crippen MR) is 133 cm³/mol. The number of fused-ring (bicyclic) bond motifs is 2. The van der Waals surface area contributed by atoms with Crippen molar-refractivity contribution in [3.8, 4) is 0 Å². The average molecular weight is 521 g/mol. The van der Waals surface area contributed by atoms with Crippen LogP contribution in [-0.2, 0) is 23.4 Å². The fraction of sp³-hybridized carbons (Fsp3) is 0.360. The SMILES string of the molecule is OC(NCc1ncn2ccc(Cl)cc12)c1cn(Cc2cn3cc(C4CC4)cc(C4(O)COC4)c3n2)nn1. The highest BCUT2D eigenvalue weighted by atomic mass is 35.5. The fourth-order valence-electron chi connectivity index (χ4n) is 4.81. The molecule has 1 unspecified atom stereocenters. The van der Waals surface area contributed by atoms with Gasteiger partial charge in [0.25, 0.3) is 0 Å². The molecule has 2 fully saturated rings. The van der Waals surface area contributed by atoms with E-state index in [2.05, 4.69) is 32.9 Å². The molecule has 0 aromatic carbocycles. The van der Waals surface area contributed by atoms with Crippen LogP contribution in [0.15, 0.2) is 49.3 Å². The highest BCUT2D eigenvalue weighted by Gasteiger charge is 2.41. The number of nitrogens with one attached hydrogen (secondary N) is 1. The van der Waals surface area contributed by atoms with Crippen molar-refractivity contribution >= 4 is 22.8 Å². The molecule has 5 aromatic heterocycles. The average Bonchev–Trinajstić information content (AvgIpc) is 3.28. The van der Waals surface area contributed by atoms with Gasteiger partial charge in [-0.05, 0) is 42.5 Å². The van der Waals surface area contributed by atoms with E-state index in [-0.39, 0.29) is 13.2 Å². The molecule has 1 saturated carbocycles. The summed E-state index contributed by atoms with van der Waals surface area (Å²) in [7, 11) is 0. The predicted octanol–water partition coefficient (Wildman–Crippen LogP) is 2.15. The van der Waals surface area contributed by atoms with E-state index in [0.717, 1.165) is 28.1 Å². The Hall–Kier alpha value is -3.35. The van der Waals surface area contributed by atoms with Crippen LogP contribution in [0.5, 0.6) is 0 Å². The Morgan fingerprint density at radius 3 is 2.84 bits per heavy atom. The van der Waals surface area contributed by atoms with Gasteiger partial charge in [0, 0.05) is 35.7 Å². The number of pyridine rings is 2. The first-order valence-electron chi connectivity index (χ1n) is 12.2. The third kappa shape index (κ3) is 4.18. The maximum Gasteiger partial charge on any atom is 0.151 e. The van der Waals surface area contributed by atoms with Gasteiger partial charge < -0.3 is 23.8 Å². The summed E-state index contributed by atoms with van der Waals surface area (Å²) in [5, 5.41) is 33.6. The largest absolute Gasteiger partial charge is 0.380 e. The smallest absolute Gasteiger partial charge is 0.151 e. The van der Waals surface area contributed by atoms with E-state index in [9.17, 15) is 10.2 Å². The van der Waals surface area contributed by atoms with E-state index in [1.54, 1.807) is 23.3 Å². The Bertz CT molecular complexity index is 1620. The number of rotatable bonds is 8. The third-order valence-corrected chi connectivity index (χ3v) is 7.29. The molecule has 11 nitrogen and oxygen atoms in total. The molecule has 0 spiro atoms. The molecule has 190 valence electrons. The van der Waals surface area contributed by atoms with Gasteiger partial charge >= 0.3 is 0 Å². The minimum absolute atomic E-state index is 0.276. The van der Waals surface area contributed by atoms with Crippen LogP contribution in [0.25, 0.3) is 11.2 Å². The Labute approximate surface area is 216 Å². The molecule has 5 aromatic rings. The number of hydrogen-bond donors (Lipinski definition) is 3. The number of aliphatic hydroxyl groups is 2. The summed E-state index contributed by atoms with van der Waals surface area (Å²) in [4.78, 5) is 9.19. The molecule has 7 rings (SSSR count). The summed E-state index contributed by atoms with van der Waals surface area (Å²) in [5.74, 6) is 0.544. The van der Waals surface area contributed by atoms with Crippen molar-refractivity contribution < 1.29 is 14.9 Å². The van der Waals surface area contributed by atoms with Crippen LogP contribution >= 0.6 is 11.6 Å². The number of halogens is 1. The Morgan fingerprint density at radius 2 is 2.05 bits per heavy atom. The first-order chi connectivity index (χ1) is 17.9. The molecule has 1 aliphatic heterocycles. The first-order valence-corrected chi connectivity index (χ1v) is 12.6. The number of aliphatic hydroxyl groups excluding tert-OH is 1. The normalized spacial score (nSPS) is 17.9. The van der Waals surface area contributed by atoms with Crippen molar-refractivity contribution in [3.63, 3.8) is 0 Å². The van der Waals surface area contributed by atoms with Gasteiger partial charge in [0.2, 0.25) is 0 Å². The minimum atomic E-state index is -1.02. The molecule has 1 saturated heterocycles. The second-order valence-corrected chi connectivity index (χ2v) is 10.3. The maximum absolute atomic E-state index is 11.0. The lowest BCUT2D eigenvalue weighted by molar-refractivity contribution is -0.184. The van der Waals surface area contributed by atoms with E-state index < -0.39 is 11.8 Å². The lowest BCUT2D eigenvalue weighted by atomic mass is 9.91. The number of imidazole rings is 2. The van der Waals surface area contributed by atoms with Gasteiger partial charge in [-0.15, -0.1) is 5.10 Å². The maximum atomic E-state index is 11.0. The molecule has 1 aliphatic carbocycles. The van der Waals surface area contributed by atoms with Crippen LogP contribution in [-0.4, -0.2) is 57.2 Å². The zero-order valence-electron chi connectivity index (χ0n) is 19.8. The van der Waals surface area contributed by atoms with Crippen LogP contribution in [0, 0.1) is 0 Å². The third-order valence-electron chi connectivity index (χ3n) is 7.06. The summed E-state index contributed by atoms with van der Waals surface area (Å²) in [6.07, 6.45) is 10.6. The van der Waals surface area contributed by atoms with Crippen LogP contribution in [0.1, 0.15) is 53.2 Å². The standard InChI is InChI=1S/C25H25ClN8O3/c26-17-3-4-32-14-28-20(22(32)6-17)7-27-24(35)21-11-34(31-30-21)10-18-9-33-8-16(15-1-2-15)5-19(23(33)29-18)25(36)12-37-13-25/h3-6,8-9,11,14-15,24,27,35-36H,1-2,7,10,12-13H2. The number of hydrogen-bond acceptors (Lipinski definition) is 8. The van der Waals surface area contributed by atoms with Crippen LogP contribution in [0.4, 0.5) is 0 Å². The molecule has 1 atom stereocenters. The van der Waals surface area contributed by atoms with Gasteiger partial charge in [0.05, 0.1) is 49.2 Å². The van der Waals surface area contributed by atoms with Crippen LogP contribution in [0.2, 0.25) is 5.02 Å². The lowest BCUT2D eigenvalue weighted by Gasteiger charge is -2.37. The molecule has 0 radical (unpaired) electrons. The molecule has 2 aliphatic rings. The molecular weight excluding hydrogens is 496 g/mol. The molecule has 12 heteroatoms. The van der Waals surface area contributed by atoms with Crippen LogP contribution in [0.3, 0.4) is 0 Å². The molecule has 6 heterocycles. The van der Waals surface area contributed by atoms with Gasteiger partial charge in [0.15, 0.2) is 6.23 Å². The monoisotopic (exact) mass is 520 g/mol. The number of nitrogens with zero attached hydrogens (tertiary/aromatic N) is 7. The van der Waals surface area contributed by atoms with E-state index in [1.165, 1.54) is 18.4 Å². The zero-order chi connectivity index (χ0) is 25.1. The number of aromatic nitrogens is 7. The summed E-state index contributed by atoms with van der Waals surface area (Å²) < 4.78 is 10.8. The minimum Gasteiger partial charge on any atom is -0.380 e. The van der Waals surface area contributed by atoms with Crippen molar-refractivity contribution in [2.24, 2.45) is 0 Å². The van der Waals surface area contributed by atoms with Crippen molar-refractivity contribution in [1.82, 2.24) is 39.1 Å². The summed E-state index contributed by atoms with van der Waals surface area (Å²) in [5.41, 5.74) is 4.54. The van der Waals surface area contributed by atoms with Gasteiger partial charge in [-0.2, -0.15) is 0 Å². The molecule has 37 heavy (non-hydrogen) atoms. The van der Waals surface area contributed by atoms with E-state index in [0.29, 0.717) is 29.7 Å². The Balaban J connectivity index is 1.08. The van der Waals surface area contributed by atoms with Crippen molar-refractivity contribution in [2.45, 2.75) is 43.7 Å². The van der Waals surface area contributed by atoms with Crippen molar-refractivity contribution in [2.75, 3.05) is 13.2 Å². The first kappa shape index (κ1) is 22.8. The summed E-state index contributed by atoms with van der Waals surface area (Å²) in [6, 6.07) is 5.71. The zero-order valence-corrected chi connectivity index (χ0v) is 20.6. The van der Waals surface area contributed by atoms with Crippen LogP contribution < -0.4 is 5.32 Å².